The summed E-state index contributed by atoms with van der Waals surface area (Å²) in [5.41, 5.74) is 2.31. The van der Waals surface area contributed by atoms with Gasteiger partial charge in [-0.1, -0.05) is 0 Å². The van der Waals surface area contributed by atoms with Crippen molar-refractivity contribution in [3.63, 3.8) is 0 Å². The Kier molecular flexibility index (Phi) is 2.48. The van der Waals surface area contributed by atoms with Crippen molar-refractivity contribution in [1.82, 2.24) is 9.97 Å². The number of nitrogens with one attached hydrogen (secondary N) is 1. The Balaban J connectivity index is 2.61. The summed E-state index contributed by atoms with van der Waals surface area (Å²) in [6.45, 7) is 3.19. The summed E-state index contributed by atoms with van der Waals surface area (Å²) in [5.74, 6) is -0.153. The molecule has 0 unspecified atom stereocenters. The smallest absolute Gasteiger partial charge is 0.165 e. The number of rotatable bonds is 2. The van der Waals surface area contributed by atoms with E-state index >= 15 is 0 Å². The highest BCUT2D eigenvalue weighted by Gasteiger charge is 2.18. The van der Waals surface area contributed by atoms with Crippen molar-refractivity contribution in [2.75, 3.05) is 0 Å². The molecule has 16 heavy (non-hydrogen) atoms. The average Bonchev–Trinajstić information content (AvgIpc) is 2.55. The highest BCUT2D eigenvalue weighted by molar-refractivity contribution is 6.00. The number of aromatic amines is 1. The Bertz CT molecular complexity index is 529. The van der Waals surface area contributed by atoms with E-state index in [2.05, 4.69) is 9.97 Å². The lowest BCUT2D eigenvalue weighted by Crippen LogP contribution is -1.92. The lowest BCUT2D eigenvalue weighted by atomic mass is 10.1. The van der Waals surface area contributed by atoms with Crippen LogP contribution in [0.1, 0.15) is 23.0 Å². The third-order valence-electron chi connectivity index (χ3n) is 2.46. The second kappa shape index (κ2) is 3.81. The molecule has 0 aliphatic rings. The number of nitrogens with zero attached hydrogens (tertiary/aromatic N) is 1. The van der Waals surface area contributed by atoms with E-state index in [0.717, 1.165) is 5.56 Å². The fourth-order valence-electron chi connectivity index (χ4n) is 1.76. The van der Waals surface area contributed by atoms with E-state index in [9.17, 15) is 9.90 Å². The van der Waals surface area contributed by atoms with Crippen LogP contribution in [0.5, 0.6) is 5.75 Å². The zero-order valence-electron chi connectivity index (χ0n) is 9.11. The minimum absolute atomic E-state index is 0.00185. The molecule has 0 aromatic carbocycles. The van der Waals surface area contributed by atoms with E-state index in [1.165, 1.54) is 6.92 Å². The fourth-order valence-corrected chi connectivity index (χ4v) is 1.76. The molecule has 2 rings (SSSR count). The third kappa shape index (κ3) is 1.58. The van der Waals surface area contributed by atoms with E-state index in [1.54, 1.807) is 25.4 Å². The molecule has 0 atom stereocenters. The van der Waals surface area contributed by atoms with Crippen LogP contribution < -0.4 is 0 Å². The molecule has 0 saturated heterocycles. The Morgan fingerprint density at radius 3 is 2.75 bits per heavy atom. The standard InChI is InChI=1S/C12H12N2O2/c1-7-10(8(2)15)12(16)11(14-7)9-4-3-5-13-6-9/h3-6,14,16H,1-2H3. The number of H-pyrrole nitrogens is 1. The number of Topliss-reactive ketones (excluding diaryl/α,β-unsaturated/α-hetero) is 1. The van der Waals surface area contributed by atoms with E-state index in [0.29, 0.717) is 17.0 Å². The van der Waals surface area contributed by atoms with E-state index in [4.69, 9.17) is 0 Å². The van der Waals surface area contributed by atoms with Gasteiger partial charge in [-0.3, -0.25) is 9.78 Å². The predicted molar refractivity (Wildman–Crippen MR) is 60.4 cm³/mol. The van der Waals surface area contributed by atoms with Crippen LogP contribution in [-0.4, -0.2) is 20.9 Å². The number of aromatic hydroxyl groups is 1. The van der Waals surface area contributed by atoms with Crippen molar-refractivity contribution in [2.45, 2.75) is 13.8 Å². The highest BCUT2D eigenvalue weighted by atomic mass is 16.3. The minimum atomic E-state index is -0.151. The fraction of sp³-hybridized carbons (Fsp3) is 0.167. The van der Waals surface area contributed by atoms with Gasteiger partial charge in [0.15, 0.2) is 11.5 Å². The lowest BCUT2D eigenvalue weighted by Gasteiger charge is -1.98. The van der Waals surface area contributed by atoms with Gasteiger partial charge in [-0.05, 0) is 26.0 Å². The molecule has 0 fully saturated rings. The largest absolute Gasteiger partial charge is 0.505 e. The first-order valence-electron chi connectivity index (χ1n) is 4.94. The third-order valence-corrected chi connectivity index (χ3v) is 2.46. The quantitative estimate of drug-likeness (QED) is 0.757. The summed E-state index contributed by atoms with van der Waals surface area (Å²) >= 11 is 0. The monoisotopic (exact) mass is 216 g/mol. The summed E-state index contributed by atoms with van der Waals surface area (Å²) in [5, 5.41) is 9.95. The van der Waals surface area contributed by atoms with E-state index in [-0.39, 0.29) is 11.5 Å². The Hall–Kier alpha value is -2.10. The van der Waals surface area contributed by atoms with Gasteiger partial charge >= 0.3 is 0 Å². The first kappa shape index (κ1) is 10.4. The molecule has 2 aromatic heterocycles. The number of hydrogen-bond acceptors (Lipinski definition) is 3. The van der Waals surface area contributed by atoms with Gasteiger partial charge in [0.25, 0.3) is 0 Å². The van der Waals surface area contributed by atoms with Gasteiger partial charge < -0.3 is 10.1 Å². The Labute approximate surface area is 93.0 Å². The Morgan fingerprint density at radius 1 is 1.50 bits per heavy atom. The summed E-state index contributed by atoms with van der Waals surface area (Å²) in [6.07, 6.45) is 3.29. The molecule has 0 amide bonds. The number of aryl methyl sites for hydroxylation is 1. The van der Waals surface area contributed by atoms with Crippen LogP contribution in [0.25, 0.3) is 11.3 Å². The highest BCUT2D eigenvalue weighted by Crippen LogP contribution is 2.33. The predicted octanol–water partition coefficient (Wildman–Crippen LogP) is 2.29. The van der Waals surface area contributed by atoms with Crippen LogP contribution in [0.15, 0.2) is 24.5 Å². The molecular weight excluding hydrogens is 204 g/mol. The summed E-state index contributed by atoms with van der Waals surface area (Å²) in [7, 11) is 0. The van der Waals surface area contributed by atoms with Crippen molar-refractivity contribution < 1.29 is 9.90 Å². The van der Waals surface area contributed by atoms with Gasteiger partial charge in [-0.15, -0.1) is 0 Å². The zero-order valence-corrected chi connectivity index (χ0v) is 9.11. The first-order valence-corrected chi connectivity index (χ1v) is 4.94. The summed E-state index contributed by atoms with van der Waals surface area (Å²) < 4.78 is 0. The minimum Gasteiger partial charge on any atom is -0.505 e. The van der Waals surface area contributed by atoms with Crippen LogP contribution >= 0.6 is 0 Å². The molecule has 0 saturated carbocycles. The number of ketones is 1. The average molecular weight is 216 g/mol. The lowest BCUT2D eigenvalue weighted by molar-refractivity contribution is 0.101. The molecule has 2 aromatic rings. The SMILES string of the molecule is CC(=O)c1c(C)[nH]c(-c2cccnc2)c1O. The molecule has 0 spiro atoms. The molecule has 0 radical (unpaired) electrons. The molecular formula is C12H12N2O2. The molecule has 4 heteroatoms. The van der Waals surface area contributed by atoms with Crippen molar-refractivity contribution in [1.29, 1.82) is 0 Å². The number of aromatic nitrogens is 2. The second-order valence-electron chi connectivity index (χ2n) is 3.65. The maximum atomic E-state index is 11.3. The summed E-state index contributed by atoms with van der Waals surface area (Å²) in [4.78, 5) is 18.3. The number of hydrogen-bond donors (Lipinski definition) is 2. The molecule has 2 heterocycles. The van der Waals surface area contributed by atoms with Gasteiger partial charge in [0.2, 0.25) is 0 Å². The van der Waals surface area contributed by atoms with E-state index in [1.807, 2.05) is 6.07 Å². The number of carbonyl (C=O) groups excluding carboxylic acids is 1. The maximum Gasteiger partial charge on any atom is 0.165 e. The first-order chi connectivity index (χ1) is 7.61. The Morgan fingerprint density at radius 2 is 2.25 bits per heavy atom. The van der Waals surface area contributed by atoms with Crippen LogP contribution in [-0.2, 0) is 0 Å². The zero-order chi connectivity index (χ0) is 11.7. The van der Waals surface area contributed by atoms with Gasteiger partial charge in [0, 0.05) is 23.7 Å². The van der Waals surface area contributed by atoms with Crippen molar-refractivity contribution in [3.8, 4) is 17.0 Å². The molecule has 0 aliphatic carbocycles. The van der Waals surface area contributed by atoms with Crippen molar-refractivity contribution in [3.05, 3.63) is 35.8 Å². The normalized spacial score (nSPS) is 10.4. The molecule has 4 nitrogen and oxygen atoms in total. The number of pyridine rings is 1. The van der Waals surface area contributed by atoms with Crippen LogP contribution in [0.3, 0.4) is 0 Å². The number of carbonyl (C=O) groups is 1. The van der Waals surface area contributed by atoms with Gasteiger partial charge in [0.1, 0.15) is 0 Å². The molecule has 0 aliphatic heterocycles. The van der Waals surface area contributed by atoms with Crippen LogP contribution in [0.4, 0.5) is 0 Å². The van der Waals surface area contributed by atoms with Gasteiger partial charge in [-0.25, -0.2) is 0 Å². The second-order valence-corrected chi connectivity index (χ2v) is 3.65. The van der Waals surface area contributed by atoms with Gasteiger partial charge in [0.05, 0.1) is 11.3 Å². The molecule has 0 bridgehead atoms. The van der Waals surface area contributed by atoms with Gasteiger partial charge in [-0.2, -0.15) is 0 Å². The van der Waals surface area contributed by atoms with Crippen LogP contribution in [0.2, 0.25) is 0 Å². The topological polar surface area (TPSA) is 66.0 Å². The van der Waals surface area contributed by atoms with E-state index < -0.39 is 0 Å². The van der Waals surface area contributed by atoms with Crippen molar-refractivity contribution >= 4 is 5.78 Å². The maximum absolute atomic E-state index is 11.3. The van der Waals surface area contributed by atoms with Crippen LogP contribution in [0, 0.1) is 6.92 Å². The van der Waals surface area contributed by atoms with Crippen molar-refractivity contribution in [2.24, 2.45) is 0 Å². The molecule has 82 valence electrons. The summed E-state index contributed by atoms with van der Waals surface area (Å²) in [6, 6.07) is 3.60. The molecule has 2 N–H and O–H groups in total.